The molecule has 0 unspecified atom stereocenters. The van der Waals surface area contributed by atoms with Crippen LogP contribution in [0.3, 0.4) is 0 Å². The van der Waals surface area contributed by atoms with E-state index in [1.54, 1.807) is 12.3 Å². The van der Waals surface area contributed by atoms with Crippen molar-refractivity contribution in [3.05, 3.63) is 35.1 Å². The summed E-state index contributed by atoms with van der Waals surface area (Å²) in [6.07, 6.45) is 5.79. The number of halogens is 1. The summed E-state index contributed by atoms with van der Waals surface area (Å²) in [6.45, 7) is 0.937. The molecule has 0 bridgehead atoms. The lowest BCUT2D eigenvalue weighted by atomic mass is 10.2. The molecule has 0 radical (unpaired) electrons. The Morgan fingerprint density at radius 3 is 2.66 bits per heavy atom. The van der Waals surface area contributed by atoms with Crippen LogP contribution < -0.4 is 10.1 Å². The summed E-state index contributed by atoms with van der Waals surface area (Å²) >= 11 is 7.33. The molecule has 3 rings (SSSR count). The highest BCUT2D eigenvalue weighted by Crippen LogP contribution is 2.31. The smallest absolute Gasteiger partial charge is 0.275 e. The number of ether oxygens (including phenoxy) is 1. The first-order valence-electron chi connectivity index (χ1n) is 8.93. The molecule has 156 valence electrons. The summed E-state index contributed by atoms with van der Waals surface area (Å²) in [5.41, 5.74) is 0.314. The fourth-order valence-corrected chi connectivity index (χ4v) is 5.22. The number of hydrogen-bond acceptors (Lipinski definition) is 7. The molecule has 0 saturated carbocycles. The van der Waals surface area contributed by atoms with Crippen molar-refractivity contribution in [1.82, 2.24) is 14.3 Å². The number of rotatable bonds is 6. The molecule has 2 aromatic rings. The summed E-state index contributed by atoms with van der Waals surface area (Å²) < 4.78 is 32.9. The average molecular weight is 457 g/mol. The van der Waals surface area contributed by atoms with Crippen LogP contribution in [0.5, 0.6) is 5.75 Å². The lowest BCUT2D eigenvalue weighted by Gasteiger charge is -2.26. The Kier molecular flexibility index (Phi) is 6.99. The molecule has 1 N–H and O–H groups in total. The van der Waals surface area contributed by atoms with E-state index in [1.807, 2.05) is 0 Å². The number of piperidine rings is 1. The van der Waals surface area contributed by atoms with Crippen LogP contribution >= 0.6 is 23.4 Å². The minimum Gasteiger partial charge on any atom is -0.495 e. The number of methoxy groups -OCH3 is 1. The average Bonchev–Trinajstić information content (AvgIpc) is 2.74. The van der Waals surface area contributed by atoms with Gasteiger partial charge in [-0.1, -0.05) is 29.8 Å². The second kappa shape index (κ2) is 9.29. The van der Waals surface area contributed by atoms with Crippen molar-refractivity contribution < 1.29 is 17.9 Å². The van der Waals surface area contributed by atoms with Crippen molar-refractivity contribution in [1.29, 1.82) is 0 Å². The highest BCUT2D eigenvalue weighted by molar-refractivity contribution is 7.98. The van der Waals surface area contributed by atoms with Crippen molar-refractivity contribution in [2.24, 2.45) is 0 Å². The zero-order valence-electron chi connectivity index (χ0n) is 16.0. The van der Waals surface area contributed by atoms with Crippen LogP contribution in [0.4, 0.5) is 5.69 Å². The Bertz CT molecular complexity index is 1010. The predicted octanol–water partition coefficient (Wildman–Crippen LogP) is 3.29. The van der Waals surface area contributed by atoms with E-state index in [0.29, 0.717) is 23.9 Å². The molecule has 0 aliphatic carbocycles. The molecule has 1 saturated heterocycles. The van der Waals surface area contributed by atoms with Crippen LogP contribution in [0, 0.1) is 0 Å². The van der Waals surface area contributed by atoms with Crippen LogP contribution in [-0.4, -0.2) is 55.1 Å². The fourth-order valence-electron chi connectivity index (χ4n) is 3.00. The first-order valence-corrected chi connectivity index (χ1v) is 12.0. The number of nitrogens with one attached hydrogen (secondary N) is 1. The molecular formula is C18H21ClN4O4S2. The Balaban J connectivity index is 1.92. The number of aromatic nitrogens is 2. The van der Waals surface area contributed by atoms with Crippen molar-refractivity contribution in [3.63, 3.8) is 0 Å². The number of carbonyl (C=O) groups is 1. The summed E-state index contributed by atoms with van der Waals surface area (Å²) in [5.74, 6) is -0.336. The lowest BCUT2D eigenvalue weighted by molar-refractivity contribution is 0.102. The van der Waals surface area contributed by atoms with E-state index in [-0.39, 0.29) is 21.4 Å². The van der Waals surface area contributed by atoms with Crippen molar-refractivity contribution in [2.75, 3.05) is 31.8 Å². The van der Waals surface area contributed by atoms with E-state index in [4.69, 9.17) is 16.3 Å². The minimum atomic E-state index is -3.74. The highest BCUT2D eigenvalue weighted by atomic mass is 35.5. The summed E-state index contributed by atoms with van der Waals surface area (Å²) in [4.78, 5) is 20.8. The molecule has 29 heavy (non-hydrogen) atoms. The lowest BCUT2D eigenvalue weighted by Crippen LogP contribution is -2.35. The van der Waals surface area contributed by atoms with Gasteiger partial charge in [0, 0.05) is 18.8 Å². The van der Waals surface area contributed by atoms with Gasteiger partial charge in [0.25, 0.3) is 5.91 Å². The zero-order valence-corrected chi connectivity index (χ0v) is 18.4. The third-order valence-corrected chi connectivity index (χ3v) is 7.23. The summed E-state index contributed by atoms with van der Waals surface area (Å²) in [6, 6.07) is 4.48. The molecule has 1 fully saturated rings. The number of thioether (sulfide) groups is 1. The standard InChI is InChI=1S/C18H21ClN4O4S2/c1-27-14-7-6-12(10-15(14)29(25,26)23-8-4-3-5-9-23)21-17(24)16-13(19)11-20-18(22-16)28-2/h6-7,10-11H,3-5,8-9H2,1-2H3,(H,21,24). The molecule has 1 aromatic heterocycles. The quantitative estimate of drug-likeness (QED) is 0.525. The maximum Gasteiger partial charge on any atom is 0.275 e. The van der Waals surface area contributed by atoms with Gasteiger partial charge in [0.15, 0.2) is 10.9 Å². The Morgan fingerprint density at radius 1 is 1.28 bits per heavy atom. The Morgan fingerprint density at radius 2 is 2.00 bits per heavy atom. The minimum absolute atomic E-state index is 0.0123. The van der Waals surface area contributed by atoms with Gasteiger partial charge in [0.1, 0.15) is 10.6 Å². The number of carbonyl (C=O) groups excluding carboxylic acids is 1. The molecule has 1 aliphatic heterocycles. The van der Waals surface area contributed by atoms with E-state index in [2.05, 4.69) is 15.3 Å². The molecule has 0 atom stereocenters. The van der Waals surface area contributed by atoms with E-state index >= 15 is 0 Å². The van der Waals surface area contributed by atoms with E-state index in [1.165, 1.54) is 41.5 Å². The summed E-state index contributed by atoms with van der Waals surface area (Å²) in [7, 11) is -2.33. The number of amides is 1. The predicted molar refractivity (Wildman–Crippen MR) is 112 cm³/mol. The van der Waals surface area contributed by atoms with Gasteiger partial charge in [-0.3, -0.25) is 4.79 Å². The highest BCUT2D eigenvalue weighted by Gasteiger charge is 2.29. The van der Waals surface area contributed by atoms with Gasteiger partial charge in [-0.05, 0) is 37.3 Å². The van der Waals surface area contributed by atoms with Gasteiger partial charge in [0.05, 0.1) is 18.3 Å². The van der Waals surface area contributed by atoms with Gasteiger partial charge in [0.2, 0.25) is 10.0 Å². The first-order chi connectivity index (χ1) is 13.9. The van der Waals surface area contributed by atoms with Crippen molar-refractivity contribution >= 4 is 45.0 Å². The number of benzene rings is 1. The summed E-state index contributed by atoms with van der Waals surface area (Å²) in [5, 5.41) is 3.17. The molecular weight excluding hydrogens is 436 g/mol. The molecule has 1 aliphatic rings. The normalized spacial score (nSPS) is 15.1. The first kappa shape index (κ1) is 21.8. The number of anilines is 1. The molecule has 1 aromatic carbocycles. The van der Waals surface area contributed by atoms with Crippen LogP contribution in [0.1, 0.15) is 29.8 Å². The Labute approximate surface area is 179 Å². The van der Waals surface area contributed by atoms with Gasteiger partial charge in [-0.2, -0.15) is 4.31 Å². The number of hydrogen-bond donors (Lipinski definition) is 1. The number of nitrogens with zero attached hydrogens (tertiary/aromatic N) is 3. The largest absolute Gasteiger partial charge is 0.495 e. The third kappa shape index (κ3) is 4.82. The van der Waals surface area contributed by atoms with E-state index in [0.717, 1.165) is 19.3 Å². The van der Waals surface area contributed by atoms with Crippen molar-refractivity contribution in [2.45, 2.75) is 29.3 Å². The maximum absolute atomic E-state index is 13.1. The van der Waals surface area contributed by atoms with Crippen LogP contribution in [-0.2, 0) is 10.0 Å². The fraction of sp³-hybridized carbons (Fsp3) is 0.389. The third-order valence-electron chi connectivity index (χ3n) is 4.47. The number of sulfonamides is 1. The SMILES string of the molecule is COc1ccc(NC(=O)c2nc(SC)ncc2Cl)cc1S(=O)(=O)N1CCCCC1. The Hall–Kier alpha value is -1.88. The van der Waals surface area contributed by atoms with Crippen LogP contribution in [0.2, 0.25) is 5.02 Å². The van der Waals surface area contributed by atoms with Crippen LogP contribution in [0.25, 0.3) is 0 Å². The molecule has 2 heterocycles. The van der Waals surface area contributed by atoms with Gasteiger partial charge >= 0.3 is 0 Å². The monoisotopic (exact) mass is 456 g/mol. The molecule has 1 amide bonds. The van der Waals surface area contributed by atoms with Gasteiger partial charge in [-0.15, -0.1) is 0 Å². The van der Waals surface area contributed by atoms with E-state index < -0.39 is 15.9 Å². The van der Waals surface area contributed by atoms with E-state index in [9.17, 15) is 13.2 Å². The zero-order chi connectivity index (χ0) is 21.0. The maximum atomic E-state index is 13.1. The molecule has 11 heteroatoms. The second-order valence-electron chi connectivity index (χ2n) is 6.34. The molecule has 0 spiro atoms. The van der Waals surface area contributed by atoms with Gasteiger partial charge in [-0.25, -0.2) is 18.4 Å². The molecule has 8 nitrogen and oxygen atoms in total. The second-order valence-corrected chi connectivity index (χ2v) is 9.42. The van der Waals surface area contributed by atoms with Gasteiger partial charge < -0.3 is 10.1 Å². The van der Waals surface area contributed by atoms with Crippen LogP contribution in [0.15, 0.2) is 34.4 Å². The van der Waals surface area contributed by atoms with Crippen molar-refractivity contribution in [3.8, 4) is 5.75 Å². The topological polar surface area (TPSA) is 101 Å².